The number of rotatable bonds is 6. The highest BCUT2D eigenvalue weighted by Gasteiger charge is 2.36. The second kappa shape index (κ2) is 5.98. The second-order valence-electron chi connectivity index (χ2n) is 5.66. The van der Waals surface area contributed by atoms with E-state index in [1.807, 2.05) is 13.8 Å². The fourth-order valence-corrected chi connectivity index (χ4v) is 2.18. The summed E-state index contributed by atoms with van der Waals surface area (Å²) in [5, 5.41) is 8.48. The van der Waals surface area contributed by atoms with E-state index in [9.17, 15) is 14.4 Å². The van der Waals surface area contributed by atoms with Crippen LogP contribution in [0.25, 0.3) is 0 Å². The maximum atomic E-state index is 11.8. The highest BCUT2D eigenvalue weighted by Crippen LogP contribution is 2.31. The number of nitrogens with zero attached hydrogens (tertiary/aromatic N) is 1. The van der Waals surface area contributed by atoms with Crippen molar-refractivity contribution in [2.75, 3.05) is 6.54 Å². The Balaban J connectivity index is 2.32. The molecule has 1 saturated heterocycles. The van der Waals surface area contributed by atoms with Gasteiger partial charge in [0.25, 0.3) is 0 Å². The smallest absolute Gasteiger partial charge is 0.303 e. The normalized spacial score (nSPS) is 19.1. The van der Waals surface area contributed by atoms with Crippen molar-refractivity contribution in [3.8, 4) is 0 Å². The predicted molar refractivity (Wildman–Crippen MR) is 65.8 cm³/mol. The Labute approximate surface area is 107 Å². The van der Waals surface area contributed by atoms with Gasteiger partial charge in [0.2, 0.25) is 11.8 Å². The summed E-state index contributed by atoms with van der Waals surface area (Å²) in [5.74, 6) is -1.01. The quantitative estimate of drug-likeness (QED) is 0.580. The van der Waals surface area contributed by atoms with E-state index in [1.165, 1.54) is 4.90 Å². The van der Waals surface area contributed by atoms with Gasteiger partial charge in [-0.3, -0.25) is 19.3 Å². The maximum Gasteiger partial charge on any atom is 0.303 e. The molecule has 0 atom stereocenters. The zero-order chi connectivity index (χ0) is 13.8. The highest BCUT2D eigenvalue weighted by atomic mass is 16.4. The number of imide groups is 1. The summed E-state index contributed by atoms with van der Waals surface area (Å²) in [7, 11) is 0. The second-order valence-corrected chi connectivity index (χ2v) is 5.66. The van der Waals surface area contributed by atoms with Gasteiger partial charge in [-0.1, -0.05) is 20.3 Å². The number of hydrogen-bond donors (Lipinski definition) is 1. The molecular weight excluding hydrogens is 234 g/mol. The molecule has 0 aliphatic carbocycles. The molecule has 1 aliphatic heterocycles. The van der Waals surface area contributed by atoms with Crippen LogP contribution in [0.2, 0.25) is 0 Å². The summed E-state index contributed by atoms with van der Waals surface area (Å²) >= 11 is 0. The number of carboxylic acids is 1. The van der Waals surface area contributed by atoms with Crippen molar-refractivity contribution < 1.29 is 19.5 Å². The van der Waals surface area contributed by atoms with Crippen LogP contribution in [0.1, 0.15) is 52.4 Å². The van der Waals surface area contributed by atoms with Crippen LogP contribution in [0.3, 0.4) is 0 Å². The summed E-state index contributed by atoms with van der Waals surface area (Å²) in [6.45, 7) is 4.27. The summed E-state index contributed by atoms with van der Waals surface area (Å²) < 4.78 is 0. The number of unbranched alkanes of at least 4 members (excludes halogenated alkanes) is 2. The van der Waals surface area contributed by atoms with Gasteiger partial charge in [-0.25, -0.2) is 0 Å². The molecule has 5 heteroatoms. The lowest BCUT2D eigenvalue weighted by molar-refractivity contribution is -0.152. The minimum atomic E-state index is -0.804. The lowest BCUT2D eigenvalue weighted by Crippen LogP contribution is -2.46. The number of amides is 2. The molecule has 2 amide bonds. The van der Waals surface area contributed by atoms with Gasteiger partial charge in [-0.2, -0.15) is 0 Å². The van der Waals surface area contributed by atoms with Crippen LogP contribution >= 0.6 is 0 Å². The van der Waals surface area contributed by atoms with Crippen molar-refractivity contribution >= 4 is 17.8 Å². The van der Waals surface area contributed by atoms with Crippen molar-refractivity contribution in [1.82, 2.24) is 4.90 Å². The molecule has 0 bridgehead atoms. The van der Waals surface area contributed by atoms with E-state index in [-0.39, 0.29) is 23.7 Å². The molecular formula is C13H21NO4. The van der Waals surface area contributed by atoms with Crippen molar-refractivity contribution in [1.29, 1.82) is 0 Å². The number of carbonyl (C=O) groups is 3. The number of hydrogen-bond acceptors (Lipinski definition) is 3. The average Bonchev–Trinajstić information content (AvgIpc) is 2.18. The van der Waals surface area contributed by atoms with Gasteiger partial charge < -0.3 is 5.11 Å². The first kappa shape index (κ1) is 14.7. The van der Waals surface area contributed by atoms with E-state index in [1.54, 1.807) is 0 Å². The molecule has 5 nitrogen and oxygen atoms in total. The van der Waals surface area contributed by atoms with E-state index in [0.717, 1.165) is 6.42 Å². The molecule has 1 aliphatic rings. The molecule has 0 saturated carbocycles. The van der Waals surface area contributed by atoms with E-state index in [4.69, 9.17) is 5.11 Å². The molecule has 18 heavy (non-hydrogen) atoms. The van der Waals surface area contributed by atoms with Crippen LogP contribution in [-0.4, -0.2) is 34.3 Å². The maximum absolute atomic E-state index is 11.8. The monoisotopic (exact) mass is 255 g/mol. The lowest BCUT2D eigenvalue weighted by atomic mass is 9.81. The molecule has 1 rings (SSSR count). The van der Waals surface area contributed by atoms with E-state index in [0.29, 0.717) is 32.2 Å². The van der Waals surface area contributed by atoms with Crippen LogP contribution in [0, 0.1) is 5.41 Å². The zero-order valence-corrected chi connectivity index (χ0v) is 11.1. The number of carbonyl (C=O) groups excluding carboxylic acids is 2. The largest absolute Gasteiger partial charge is 0.481 e. The minimum Gasteiger partial charge on any atom is -0.481 e. The van der Waals surface area contributed by atoms with E-state index >= 15 is 0 Å². The number of likely N-dealkylation sites (tertiary alicyclic amines) is 1. The van der Waals surface area contributed by atoms with Crippen LogP contribution < -0.4 is 0 Å². The fraction of sp³-hybridized carbons (Fsp3) is 0.769. The standard InChI is InChI=1S/C13H21NO4/c1-13(2)8-10(15)14(11(16)9-13)7-5-3-4-6-12(17)18/h3-9H2,1-2H3,(H,17,18). The summed E-state index contributed by atoms with van der Waals surface area (Å²) in [6.07, 6.45) is 2.98. The Kier molecular flexibility index (Phi) is 4.87. The molecule has 102 valence electrons. The Morgan fingerprint density at radius 1 is 1.17 bits per heavy atom. The Hall–Kier alpha value is -1.39. The van der Waals surface area contributed by atoms with Crippen LogP contribution in [0.4, 0.5) is 0 Å². The van der Waals surface area contributed by atoms with Gasteiger partial charge in [-0.05, 0) is 18.3 Å². The topological polar surface area (TPSA) is 74.7 Å². The lowest BCUT2D eigenvalue weighted by Gasteiger charge is -2.34. The number of piperidine rings is 1. The summed E-state index contributed by atoms with van der Waals surface area (Å²) in [5.41, 5.74) is -0.228. The molecule has 0 aromatic heterocycles. The third-order valence-electron chi connectivity index (χ3n) is 3.13. The molecule has 0 aromatic rings. The first-order valence-corrected chi connectivity index (χ1v) is 6.37. The highest BCUT2D eigenvalue weighted by molar-refractivity contribution is 5.98. The third kappa shape index (κ3) is 4.47. The van der Waals surface area contributed by atoms with Crippen molar-refractivity contribution in [3.05, 3.63) is 0 Å². The minimum absolute atomic E-state index is 0.102. The van der Waals surface area contributed by atoms with Gasteiger partial charge >= 0.3 is 5.97 Å². The first-order chi connectivity index (χ1) is 8.32. The van der Waals surface area contributed by atoms with Crippen molar-refractivity contribution in [2.45, 2.75) is 52.4 Å². The summed E-state index contributed by atoms with van der Waals surface area (Å²) in [6, 6.07) is 0. The molecule has 0 aromatic carbocycles. The van der Waals surface area contributed by atoms with Crippen LogP contribution in [0.15, 0.2) is 0 Å². The van der Waals surface area contributed by atoms with E-state index < -0.39 is 5.97 Å². The Bertz CT molecular complexity index is 329. The van der Waals surface area contributed by atoms with Crippen molar-refractivity contribution in [3.63, 3.8) is 0 Å². The van der Waals surface area contributed by atoms with Crippen molar-refractivity contribution in [2.24, 2.45) is 5.41 Å². The molecule has 0 radical (unpaired) electrons. The first-order valence-electron chi connectivity index (χ1n) is 6.37. The number of aliphatic carboxylic acids is 1. The average molecular weight is 255 g/mol. The summed E-state index contributed by atoms with van der Waals surface area (Å²) in [4.78, 5) is 35.3. The molecule has 0 spiro atoms. The third-order valence-corrected chi connectivity index (χ3v) is 3.13. The predicted octanol–water partition coefficient (Wildman–Crippen LogP) is 1.81. The molecule has 1 N–H and O–H groups in total. The van der Waals surface area contributed by atoms with Gasteiger partial charge in [0, 0.05) is 25.8 Å². The van der Waals surface area contributed by atoms with Gasteiger partial charge in [0.15, 0.2) is 0 Å². The Morgan fingerprint density at radius 2 is 1.72 bits per heavy atom. The van der Waals surface area contributed by atoms with Gasteiger partial charge in [0.1, 0.15) is 0 Å². The molecule has 1 heterocycles. The van der Waals surface area contributed by atoms with Crippen LogP contribution in [-0.2, 0) is 14.4 Å². The zero-order valence-electron chi connectivity index (χ0n) is 11.1. The Morgan fingerprint density at radius 3 is 2.22 bits per heavy atom. The number of carboxylic acid groups (broad SMARTS) is 1. The molecule has 0 unspecified atom stereocenters. The fourth-order valence-electron chi connectivity index (χ4n) is 2.18. The van der Waals surface area contributed by atoms with Gasteiger partial charge in [0.05, 0.1) is 0 Å². The molecule has 1 fully saturated rings. The van der Waals surface area contributed by atoms with Gasteiger partial charge in [-0.15, -0.1) is 0 Å². The van der Waals surface area contributed by atoms with Crippen LogP contribution in [0.5, 0.6) is 0 Å². The SMILES string of the molecule is CC1(C)CC(=O)N(CCCCCC(=O)O)C(=O)C1. The van der Waals surface area contributed by atoms with E-state index in [2.05, 4.69) is 0 Å².